The summed E-state index contributed by atoms with van der Waals surface area (Å²) in [7, 11) is 0. The van der Waals surface area contributed by atoms with Gasteiger partial charge in [0.05, 0.1) is 0 Å². The van der Waals surface area contributed by atoms with Crippen LogP contribution in [0.25, 0.3) is 0 Å². The minimum Gasteiger partial charge on any atom is -0.342 e. The number of hydrogen-bond donors (Lipinski definition) is 1. The van der Waals surface area contributed by atoms with Crippen LogP contribution >= 0.6 is 27.3 Å². The van der Waals surface area contributed by atoms with Crippen molar-refractivity contribution in [2.75, 3.05) is 6.54 Å². The second-order valence-electron chi connectivity index (χ2n) is 2.83. The van der Waals surface area contributed by atoms with Gasteiger partial charge in [-0.2, -0.15) is 13.2 Å². The Morgan fingerprint density at radius 1 is 1.60 bits per heavy atom. The molecule has 2 nitrogen and oxygen atoms in total. The molecule has 0 aliphatic rings. The van der Waals surface area contributed by atoms with Crippen LogP contribution < -0.4 is 5.32 Å². The lowest BCUT2D eigenvalue weighted by atomic mass is 10.4. The zero-order valence-electron chi connectivity index (χ0n) is 7.61. The number of rotatable bonds is 2. The van der Waals surface area contributed by atoms with Gasteiger partial charge in [0.15, 0.2) is 0 Å². The highest BCUT2D eigenvalue weighted by Gasteiger charge is 2.28. The molecule has 0 radical (unpaired) electrons. The number of thiophene rings is 1. The highest BCUT2D eigenvalue weighted by molar-refractivity contribution is 9.10. The Kier molecular flexibility index (Phi) is 3.77. The van der Waals surface area contributed by atoms with Crippen molar-refractivity contribution in [2.45, 2.75) is 13.1 Å². The van der Waals surface area contributed by atoms with E-state index in [0.717, 1.165) is 16.2 Å². The Hall–Kier alpha value is -0.560. The molecule has 1 N–H and O–H groups in total. The van der Waals surface area contributed by atoms with Crippen molar-refractivity contribution in [3.8, 4) is 0 Å². The molecule has 0 saturated heterocycles. The van der Waals surface area contributed by atoms with Crippen molar-refractivity contribution in [3.63, 3.8) is 0 Å². The predicted molar refractivity (Wildman–Crippen MR) is 55.1 cm³/mol. The molecule has 0 aromatic carbocycles. The average molecular weight is 302 g/mol. The van der Waals surface area contributed by atoms with Gasteiger partial charge < -0.3 is 5.32 Å². The van der Waals surface area contributed by atoms with Crippen molar-refractivity contribution in [1.82, 2.24) is 5.32 Å². The molecule has 1 amide bonds. The molecule has 15 heavy (non-hydrogen) atoms. The summed E-state index contributed by atoms with van der Waals surface area (Å²) in [5.41, 5.74) is 0. The minimum absolute atomic E-state index is 0.261. The lowest BCUT2D eigenvalue weighted by Gasteiger charge is -2.07. The maximum atomic E-state index is 11.8. The van der Waals surface area contributed by atoms with Crippen LogP contribution in [0.4, 0.5) is 13.2 Å². The summed E-state index contributed by atoms with van der Waals surface area (Å²) in [4.78, 5) is 12.4. The lowest BCUT2D eigenvalue weighted by Crippen LogP contribution is -2.33. The van der Waals surface area contributed by atoms with Gasteiger partial charge in [0.25, 0.3) is 5.91 Å². The Morgan fingerprint density at radius 3 is 2.60 bits per heavy atom. The molecule has 0 fully saturated rings. The van der Waals surface area contributed by atoms with Gasteiger partial charge in [0, 0.05) is 9.35 Å². The highest BCUT2D eigenvalue weighted by Crippen LogP contribution is 2.26. The lowest BCUT2D eigenvalue weighted by molar-refractivity contribution is -0.123. The molecule has 1 aromatic rings. The minimum atomic E-state index is -4.38. The third-order valence-corrected chi connectivity index (χ3v) is 3.40. The van der Waals surface area contributed by atoms with Crippen molar-refractivity contribution in [3.05, 3.63) is 20.3 Å². The number of carbonyl (C=O) groups is 1. The van der Waals surface area contributed by atoms with Crippen LogP contribution in [0.1, 0.15) is 14.5 Å². The van der Waals surface area contributed by atoms with Crippen LogP contribution in [0.3, 0.4) is 0 Å². The number of hydrogen-bond acceptors (Lipinski definition) is 2. The summed E-state index contributed by atoms with van der Waals surface area (Å²) in [5, 5.41) is 1.81. The topological polar surface area (TPSA) is 29.1 Å². The van der Waals surface area contributed by atoms with Crippen LogP contribution in [0, 0.1) is 6.92 Å². The molecule has 0 bridgehead atoms. The van der Waals surface area contributed by atoms with Gasteiger partial charge >= 0.3 is 6.18 Å². The maximum absolute atomic E-state index is 11.8. The Morgan fingerprint density at radius 2 is 2.20 bits per heavy atom. The number of carbonyl (C=O) groups excluding carboxylic acids is 1. The molecule has 0 aliphatic carbocycles. The second-order valence-corrected chi connectivity index (χ2v) is 4.94. The molecule has 1 aromatic heterocycles. The SMILES string of the molecule is Cc1cc(Br)c(C(=O)NCC(F)(F)F)s1. The van der Waals surface area contributed by atoms with Crippen LogP contribution in [-0.4, -0.2) is 18.6 Å². The molecular weight excluding hydrogens is 295 g/mol. The molecule has 0 saturated carbocycles. The molecule has 7 heteroatoms. The monoisotopic (exact) mass is 301 g/mol. The Labute approximate surface area is 96.6 Å². The molecule has 0 aliphatic heterocycles. The smallest absolute Gasteiger partial charge is 0.342 e. The summed E-state index contributed by atoms with van der Waals surface area (Å²) < 4.78 is 36.0. The normalized spacial score (nSPS) is 11.5. The van der Waals surface area contributed by atoms with E-state index < -0.39 is 18.6 Å². The van der Waals surface area contributed by atoms with E-state index in [-0.39, 0.29) is 4.88 Å². The van der Waals surface area contributed by atoms with Crippen LogP contribution in [0.5, 0.6) is 0 Å². The molecule has 0 atom stereocenters. The summed E-state index contributed by atoms with van der Waals surface area (Å²) in [6, 6.07) is 1.69. The van der Waals surface area contributed by atoms with Crippen LogP contribution in [0.2, 0.25) is 0 Å². The fraction of sp³-hybridized carbons (Fsp3) is 0.375. The number of amides is 1. The summed E-state index contributed by atoms with van der Waals surface area (Å²) in [6.45, 7) is 0.463. The summed E-state index contributed by atoms with van der Waals surface area (Å²) in [5.74, 6) is -0.711. The largest absolute Gasteiger partial charge is 0.405 e. The van der Waals surface area contributed by atoms with E-state index in [2.05, 4.69) is 15.9 Å². The summed E-state index contributed by atoms with van der Waals surface area (Å²) >= 11 is 4.25. The summed E-state index contributed by atoms with van der Waals surface area (Å²) in [6.07, 6.45) is -4.38. The van der Waals surface area contributed by atoms with Gasteiger partial charge in [0.1, 0.15) is 11.4 Å². The first kappa shape index (κ1) is 12.5. The van der Waals surface area contributed by atoms with E-state index in [1.807, 2.05) is 5.32 Å². The van der Waals surface area contributed by atoms with Gasteiger partial charge in [-0.05, 0) is 28.9 Å². The zero-order chi connectivity index (χ0) is 11.6. The van der Waals surface area contributed by atoms with E-state index in [4.69, 9.17) is 0 Å². The van der Waals surface area contributed by atoms with E-state index in [9.17, 15) is 18.0 Å². The fourth-order valence-corrected chi connectivity index (χ4v) is 2.64. The fourth-order valence-electron chi connectivity index (χ4n) is 0.899. The first-order chi connectivity index (χ1) is 6.79. The van der Waals surface area contributed by atoms with Crippen molar-refractivity contribution in [2.24, 2.45) is 0 Å². The number of alkyl halides is 3. The van der Waals surface area contributed by atoms with Crippen LogP contribution in [-0.2, 0) is 0 Å². The van der Waals surface area contributed by atoms with Gasteiger partial charge in [0.2, 0.25) is 0 Å². The third-order valence-electron chi connectivity index (χ3n) is 1.47. The van der Waals surface area contributed by atoms with Gasteiger partial charge in [-0.3, -0.25) is 4.79 Å². The second kappa shape index (κ2) is 4.52. The maximum Gasteiger partial charge on any atom is 0.405 e. The van der Waals surface area contributed by atoms with Crippen LogP contribution in [0.15, 0.2) is 10.5 Å². The van der Waals surface area contributed by atoms with Gasteiger partial charge in [-0.1, -0.05) is 0 Å². The number of halogens is 4. The quantitative estimate of drug-likeness (QED) is 0.893. The molecular formula is C8H7BrF3NOS. The number of aryl methyl sites for hydroxylation is 1. The van der Waals surface area contributed by atoms with E-state index in [0.29, 0.717) is 4.47 Å². The average Bonchev–Trinajstić information content (AvgIpc) is 2.40. The standard InChI is InChI=1S/C8H7BrF3NOS/c1-4-2-5(9)6(15-4)7(14)13-3-8(10,11)12/h2H,3H2,1H3,(H,13,14). The molecule has 0 unspecified atom stereocenters. The van der Waals surface area contributed by atoms with Crippen molar-refractivity contribution < 1.29 is 18.0 Å². The first-order valence-electron chi connectivity index (χ1n) is 3.90. The molecule has 0 spiro atoms. The highest BCUT2D eigenvalue weighted by atomic mass is 79.9. The van der Waals surface area contributed by atoms with Gasteiger partial charge in [-0.25, -0.2) is 0 Å². The zero-order valence-corrected chi connectivity index (χ0v) is 10.0. The van der Waals surface area contributed by atoms with Gasteiger partial charge in [-0.15, -0.1) is 11.3 Å². The molecule has 1 heterocycles. The first-order valence-corrected chi connectivity index (χ1v) is 5.51. The van der Waals surface area contributed by atoms with Crippen molar-refractivity contribution in [1.29, 1.82) is 0 Å². The Balaban J connectivity index is 2.66. The van der Waals surface area contributed by atoms with Crippen molar-refractivity contribution >= 4 is 33.2 Å². The van der Waals surface area contributed by atoms with E-state index in [1.165, 1.54) is 0 Å². The molecule has 84 valence electrons. The third kappa shape index (κ3) is 3.83. The molecule has 1 rings (SSSR count). The Bertz CT molecular complexity index is 374. The van der Waals surface area contributed by atoms with E-state index >= 15 is 0 Å². The predicted octanol–water partition coefficient (Wildman–Crippen LogP) is 3.11. The van der Waals surface area contributed by atoms with E-state index in [1.54, 1.807) is 13.0 Å². The number of nitrogens with one attached hydrogen (secondary N) is 1.